The van der Waals surface area contributed by atoms with Crippen LogP contribution in [-0.2, 0) is 5.54 Å². The molecule has 0 saturated heterocycles. The van der Waals surface area contributed by atoms with Crippen LogP contribution in [0.15, 0.2) is 4.47 Å². The first-order chi connectivity index (χ1) is 6.68. The first-order valence-corrected chi connectivity index (χ1v) is 5.74. The van der Waals surface area contributed by atoms with Gasteiger partial charge in [-0.25, -0.2) is 0 Å². The van der Waals surface area contributed by atoms with Crippen molar-refractivity contribution >= 4 is 15.9 Å². The molecule has 0 saturated carbocycles. The fourth-order valence-electron chi connectivity index (χ4n) is 1.89. The minimum Gasteiger partial charge on any atom is -0.507 e. The molecule has 0 aliphatic heterocycles. The Bertz CT molecular complexity index is 376. The number of nitrogens with two attached hydrogens (primary N) is 1. The van der Waals surface area contributed by atoms with Gasteiger partial charge in [-0.1, -0.05) is 15.9 Å². The number of phenols is 1. The third kappa shape index (κ3) is 2.04. The van der Waals surface area contributed by atoms with Crippen LogP contribution in [0.5, 0.6) is 5.75 Å². The molecule has 0 spiro atoms. The molecule has 2 nitrogen and oxygen atoms in total. The van der Waals surface area contributed by atoms with Crippen molar-refractivity contribution in [2.45, 2.75) is 40.2 Å². The van der Waals surface area contributed by atoms with Gasteiger partial charge in [0.15, 0.2) is 0 Å². The summed E-state index contributed by atoms with van der Waals surface area (Å²) in [6.45, 7) is 9.66. The standard InChI is InChI=1S/C12H18BrNO/c1-6-7(2)11(15)9(12(4,5)14)8(3)10(6)13/h15H,14H2,1-5H3. The Hall–Kier alpha value is -0.540. The maximum atomic E-state index is 10.1. The predicted molar refractivity (Wildman–Crippen MR) is 67.2 cm³/mol. The molecule has 1 rings (SSSR count). The molecule has 0 atom stereocenters. The number of hydrogen-bond acceptors (Lipinski definition) is 2. The van der Waals surface area contributed by atoms with Crippen molar-refractivity contribution in [1.29, 1.82) is 0 Å². The zero-order chi connectivity index (χ0) is 12.0. The van der Waals surface area contributed by atoms with Crippen LogP contribution >= 0.6 is 15.9 Å². The molecule has 3 N–H and O–H groups in total. The third-order valence-corrected chi connectivity index (χ3v) is 4.02. The van der Waals surface area contributed by atoms with Gasteiger partial charge in [0, 0.05) is 15.6 Å². The molecule has 1 aromatic rings. The summed E-state index contributed by atoms with van der Waals surface area (Å²) >= 11 is 3.54. The van der Waals surface area contributed by atoms with Gasteiger partial charge in [-0.05, 0) is 51.3 Å². The smallest absolute Gasteiger partial charge is 0.124 e. The van der Waals surface area contributed by atoms with E-state index in [-0.39, 0.29) is 0 Å². The van der Waals surface area contributed by atoms with Crippen LogP contribution in [0, 0.1) is 20.8 Å². The highest BCUT2D eigenvalue weighted by Gasteiger charge is 2.25. The molecule has 84 valence electrons. The van der Waals surface area contributed by atoms with E-state index in [2.05, 4.69) is 15.9 Å². The predicted octanol–water partition coefficient (Wildman–Crippen LogP) is 3.27. The lowest BCUT2D eigenvalue weighted by atomic mass is 9.87. The van der Waals surface area contributed by atoms with Gasteiger partial charge in [-0.3, -0.25) is 0 Å². The summed E-state index contributed by atoms with van der Waals surface area (Å²) in [7, 11) is 0. The monoisotopic (exact) mass is 271 g/mol. The lowest BCUT2D eigenvalue weighted by Crippen LogP contribution is -2.30. The minimum absolute atomic E-state index is 0.320. The number of phenolic OH excluding ortho intramolecular Hbond substituents is 1. The summed E-state index contributed by atoms with van der Waals surface area (Å²) in [6.07, 6.45) is 0. The molecule has 0 aliphatic carbocycles. The van der Waals surface area contributed by atoms with Crippen LogP contribution in [0.3, 0.4) is 0 Å². The van der Waals surface area contributed by atoms with Crippen molar-refractivity contribution in [2.24, 2.45) is 5.73 Å². The highest BCUT2D eigenvalue weighted by atomic mass is 79.9. The Kier molecular flexibility index (Phi) is 3.17. The SMILES string of the molecule is Cc1c(C)c(Br)c(C)c(C(C)(C)N)c1O. The lowest BCUT2D eigenvalue weighted by Gasteiger charge is -2.26. The molecule has 0 radical (unpaired) electrons. The van der Waals surface area contributed by atoms with Gasteiger partial charge in [-0.15, -0.1) is 0 Å². The van der Waals surface area contributed by atoms with E-state index in [0.29, 0.717) is 5.75 Å². The molecule has 0 unspecified atom stereocenters. The second-order valence-electron chi connectivity index (χ2n) is 4.63. The number of benzene rings is 1. The molecule has 0 aliphatic rings. The average Bonchev–Trinajstić information content (AvgIpc) is 2.09. The maximum Gasteiger partial charge on any atom is 0.124 e. The van der Waals surface area contributed by atoms with Crippen LogP contribution in [0.2, 0.25) is 0 Å². The van der Waals surface area contributed by atoms with E-state index >= 15 is 0 Å². The number of hydrogen-bond donors (Lipinski definition) is 2. The first-order valence-electron chi connectivity index (χ1n) is 4.95. The quantitative estimate of drug-likeness (QED) is 0.824. The van der Waals surface area contributed by atoms with E-state index < -0.39 is 5.54 Å². The highest BCUT2D eigenvalue weighted by molar-refractivity contribution is 9.10. The van der Waals surface area contributed by atoms with E-state index in [1.807, 2.05) is 34.6 Å². The molecule has 1 aromatic carbocycles. The molecule has 0 amide bonds. The molecule has 0 heterocycles. The maximum absolute atomic E-state index is 10.1. The Morgan fingerprint density at radius 1 is 1.07 bits per heavy atom. The second-order valence-corrected chi connectivity index (χ2v) is 5.43. The number of aromatic hydroxyl groups is 1. The van der Waals surface area contributed by atoms with Crippen molar-refractivity contribution < 1.29 is 5.11 Å². The second kappa shape index (κ2) is 3.80. The summed E-state index contributed by atoms with van der Waals surface area (Å²) in [5, 5.41) is 10.1. The Balaban J connectivity index is 3.68. The van der Waals surface area contributed by atoms with Gasteiger partial charge in [0.25, 0.3) is 0 Å². The zero-order valence-electron chi connectivity index (χ0n) is 9.90. The third-order valence-electron chi connectivity index (χ3n) is 2.83. The van der Waals surface area contributed by atoms with Gasteiger partial charge in [0.1, 0.15) is 5.75 Å². The van der Waals surface area contributed by atoms with Crippen molar-refractivity contribution in [2.75, 3.05) is 0 Å². The van der Waals surface area contributed by atoms with Crippen molar-refractivity contribution in [3.05, 3.63) is 26.7 Å². The molecule has 0 bridgehead atoms. The average molecular weight is 272 g/mol. The first kappa shape index (κ1) is 12.5. The van der Waals surface area contributed by atoms with E-state index in [1.54, 1.807) is 0 Å². The topological polar surface area (TPSA) is 46.2 Å². The summed E-state index contributed by atoms with van der Waals surface area (Å²) in [6, 6.07) is 0. The van der Waals surface area contributed by atoms with E-state index in [1.165, 1.54) is 0 Å². The van der Waals surface area contributed by atoms with E-state index in [9.17, 15) is 5.11 Å². The highest BCUT2D eigenvalue weighted by Crippen LogP contribution is 2.39. The Morgan fingerprint density at radius 3 is 1.93 bits per heavy atom. The van der Waals surface area contributed by atoms with Gasteiger partial charge in [0.05, 0.1) is 0 Å². The van der Waals surface area contributed by atoms with E-state index in [0.717, 1.165) is 26.7 Å². The normalized spacial score (nSPS) is 11.9. The van der Waals surface area contributed by atoms with Crippen LogP contribution in [0.25, 0.3) is 0 Å². The molecular weight excluding hydrogens is 254 g/mol. The number of rotatable bonds is 1. The fourth-order valence-corrected chi connectivity index (χ4v) is 2.38. The van der Waals surface area contributed by atoms with Gasteiger partial charge >= 0.3 is 0 Å². The van der Waals surface area contributed by atoms with Crippen molar-refractivity contribution in [3.8, 4) is 5.75 Å². The molecule has 0 aromatic heterocycles. The van der Waals surface area contributed by atoms with Crippen molar-refractivity contribution in [1.82, 2.24) is 0 Å². The van der Waals surface area contributed by atoms with Gasteiger partial charge in [0.2, 0.25) is 0 Å². The summed E-state index contributed by atoms with van der Waals surface area (Å²) in [5.74, 6) is 0.320. The zero-order valence-corrected chi connectivity index (χ0v) is 11.5. The van der Waals surface area contributed by atoms with Gasteiger partial charge < -0.3 is 10.8 Å². The lowest BCUT2D eigenvalue weighted by molar-refractivity contribution is 0.434. The summed E-state index contributed by atoms with van der Waals surface area (Å²) in [5.41, 5.74) is 9.32. The van der Waals surface area contributed by atoms with Gasteiger partial charge in [-0.2, -0.15) is 0 Å². The van der Waals surface area contributed by atoms with Crippen LogP contribution in [0.1, 0.15) is 36.1 Å². The summed E-state index contributed by atoms with van der Waals surface area (Å²) in [4.78, 5) is 0. The summed E-state index contributed by atoms with van der Waals surface area (Å²) < 4.78 is 1.03. The van der Waals surface area contributed by atoms with E-state index in [4.69, 9.17) is 5.73 Å². The molecule has 15 heavy (non-hydrogen) atoms. The van der Waals surface area contributed by atoms with Crippen molar-refractivity contribution in [3.63, 3.8) is 0 Å². The largest absolute Gasteiger partial charge is 0.507 e. The van der Waals surface area contributed by atoms with Crippen LogP contribution in [0.4, 0.5) is 0 Å². The minimum atomic E-state index is -0.533. The van der Waals surface area contributed by atoms with Crippen LogP contribution in [-0.4, -0.2) is 5.11 Å². The van der Waals surface area contributed by atoms with Crippen LogP contribution < -0.4 is 5.73 Å². The Labute approximate surface area is 99.6 Å². The molecule has 3 heteroatoms. The fraction of sp³-hybridized carbons (Fsp3) is 0.500. The molecular formula is C12H18BrNO. The molecule has 0 fully saturated rings. The Morgan fingerprint density at radius 2 is 1.53 bits per heavy atom. The number of halogens is 1.